The Morgan fingerprint density at radius 3 is 2.64 bits per heavy atom. The Kier molecular flexibility index (Phi) is 6.74. The van der Waals surface area contributed by atoms with Crippen molar-refractivity contribution in [3.8, 4) is 22.9 Å². The molecule has 0 radical (unpaired) electrons. The molecular weight excluding hydrogens is 537 g/mol. The predicted octanol–water partition coefficient (Wildman–Crippen LogP) is 4.90. The van der Waals surface area contributed by atoms with Gasteiger partial charge < -0.3 is 10.2 Å². The average Bonchev–Trinajstić information content (AvgIpc) is 3.63. The van der Waals surface area contributed by atoms with Gasteiger partial charge in [-0.2, -0.15) is 13.2 Å². The van der Waals surface area contributed by atoms with Crippen LogP contribution in [0.2, 0.25) is 5.02 Å². The van der Waals surface area contributed by atoms with Gasteiger partial charge in [-0.3, -0.25) is 19.4 Å². The van der Waals surface area contributed by atoms with E-state index in [9.17, 15) is 18.0 Å². The van der Waals surface area contributed by atoms with Crippen LogP contribution in [0.5, 0.6) is 0 Å². The van der Waals surface area contributed by atoms with Crippen LogP contribution in [0.4, 0.5) is 24.7 Å². The van der Waals surface area contributed by atoms with Gasteiger partial charge in [0.1, 0.15) is 17.4 Å². The van der Waals surface area contributed by atoms with Crippen LogP contribution in [0.3, 0.4) is 0 Å². The third-order valence-electron chi connectivity index (χ3n) is 7.94. The van der Waals surface area contributed by atoms with Gasteiger partial charge in [0.25, 0.3) is 0 Å². The maximum absolute atomic E-state index is 14.1. The van der Waals surface area contributed by atoms with E-state index < -0.39 is 24.3 Å². The topological polar surface area (TPSA) is 116 Å². The van der Waals surface area contributed by atoms with E-state index in [0.29, 0.717) is 59.1 Å². The van der Waals surface area contributed by atoms with Gasteiger partial charge in [0.15, 0.2) is 12.1 Å². The molecule has 2 unspecified atom stereocenters. The Morgan fingerprint density at radius 1 is 1.15 bits per heavy atom. The number of nitrogens with one attached hydrogen (secondary N) is 2. The minimum absolute atomic E-state index is 0.00597. The lowest BCUT2D eigenvalue weighted by Gasteiger charge is -2.40. The molecule has 1 saturated carbocycles. The largest absolute Gasteiger partial charge is 0.439 e. The summed E-state index contributed by atoms with van der Waals surface area (Å²) in [6.45, 7) is 3.07. The Morgan fingerprint density at radius 2 is 1.95 bits per heavy atom. The van der Waals surface area contributed by atoms with E-state index in [1.54, 1.807) is 12.3 Å². The number of anilines is 2. The highest BCUT2D eigenvalue weighted by molar-refractivity contribution is 6.30. The molecule has 0 aromatic carbocycles. The zero-order valence-corrected chi connectivity index (χ0v) is 22.0. The molecule has 39 heavy (non-hydrogen) atoms. The summed E-state index contributed by atoms with van der Waals surface area (Å²) in [5.74, 6) is 0.581. The molecule has 0 spiro atoms. The first-order valence-corrected chi connectivity index (χ1v) is 13.5. The van der Waals surface area contributed by atoms with E-state index in [1.165, 1.54) is 11.1 Å². The second-order valence-electron chi connectivity index (χ2n) is 10.7. The summed E-state index contributed by atoms with van der Waals surface area (Å²) in [5.41, 5.74) is 1.56. The number of hydrogen-bond donors (Lipinski definition) is 2. The summed E-state index contributed by atoms with van der Waals surface area (Å²) in [7, 11) is 0. The second-order valence-corrected chi connectivity index (χ2v) is 11.1. The molecule has 208 valence electrons. The molecular formula is C25H28ClF3N8O2. The van der Waals surface area contributed by atoms with Gasteiger partial charge in [0.2, 0.25) is 11.6 Å². The first-order chi connectivity index (χ1) is 18.7. The molecule has 3 aliphatic rings. The van der Waals surface area contributed by atoms with Crippen LogP contribution < -0.4 is 16.0 Å². The van der Waals surface area contributed by atoms with Crippen molar-refractivity contribution in [1.82, 2.24) is 30.0 Å². The number of fused-ring (bicyclic) bond motifs is 1. The van der Waals surface area contributed by atoms with Gasteiger partial charge in [-0.25, -0.2) is 14.8 Å². The Balaban J connectivity index is 1.48. The van der Waals surface area contributed by atoms with Crippen molar-refractivity contribution in [2.24, 2.45) is 11.8 Å². The van der Waals surface area contributed by atoms with Crippen LogP contribution in [0.25, 0.3) is 22.9 Å². The maximum atomic E-state index is 14.1. The average molecular weight is 565 g/mol. The Bertz CT molecular complexity index is 1400. The number of hydrogen-bond acceptors (Lipinski definition) is 9. The molecule has 2 fully saturated rings. The number of H-pyrrole nitrogens is 1. The van der Waals surface area contributed by atoms with Crippen molar-refractivity contribution >= 4 is 23.1 Å². The van der Waals surface area contributed by atoms with Crippen LogP contribution in [-0.4, -0.2) is 61.6 Å². The highest BCUT2D eigenvalue weighted by atomic mass is 35.5. The van der Waals surface area contributed by atoms with E-state index in [1.807, 2.05) is 4.90 Å². The zero-order chi connectivity index (χ0) is 27.3. The minimum Gasteiger partial charge on any atom is -0.336 e. The molecule has 0 bridgehead atoms. The van der Waals surface area contributed by atoms with Gasteiger partial charge in [-0.1, -0.05) is 36.5 Å². The molecule has 2 aliphatic heterocycles. The first kappa shape index (κ1) is 26.1. The maximum Gasteiger partial charge on any atom is 0.439 e. The molecule has 0 amide bonds. The predicted molar refractivity (Wildman–Crippen MR) is 138 cm³/mol. The van der Waals surface area contributed by atoms with Crippen LogP contribution >= 0.6 is 11.6 Å². The summed E-state index contributed by atoms with van der Waals surface area (Å²) in [6, 6.07) is 0.114. The highest BCUT2D eigenvalue weighted by Gasteiger charge is 2.51. The van der Waals surface area contributed by atoms with Gasteiger partial charge in [0, 0.05) is 31.0 Å². The fourth-order valence-electron chi connectivity index (χ4n) is 6.00. The number of rotatable bonds is 5. The fraction of sp³-hybridized carbons (Fsp3) is 0.560. The van der Waals surface area contributed by atoms with E-state index in [2.05, 4.69) is 36.9 Å². The van der Waals surface area contributed by atoms with Crippen molar-refractivity contribution in [2.75, 3.05) is 23.3 Å². The number of aromatic nitrogens is 5. The molecule has 2 N–H and O–H groups in total. The highest BCUT2D eigenvalue weighted by Crippen LogP contribution is 2.46. The van der Waals surface area contributed by atoms with E-state index in [0.717, 1.165) is 25.7 Å². The fourth-order valence-corrected chi connectivity index (χ4v) is 6.17. The van der Waals surface area contributed by atoms with Crippen molar-refractivity contribution in [1.29, 1.82) is 0 Å². The molecule has 3 aromatic rings. The quantitative estimate of drug-likeness (QED) is 0.446. The Labute approximate surface area is 227 Å². The third-order valence-corrected chi connectivity index (χ3v) is 8.15. The lowest BCUT2D eigenvalue weighted by Crippen LogP contribution is -2.56. The summed E-state index contributed by atoms with van der Waals surface area (Å²) in [5, 5.41) is 7.36. The standard InChI is InChI=1S/C25H28ClF3N8O2/c1-13-4-6-14(7-5-13)12-37-19-18(15-9-16(26)11-30-10-15)31-21(22-34-24(38)39-35-22)32-20(19)33-23(37)36-8-2-3-17(36)25(27,28)29/h9-11,13-14,17,23H,2-8,12H2,1H3,(H,31,32,33)(H,34,35,38). The third kappa shape index (κ3) is 5.09. The van der Waals surface area contributed by atoms with Crippen molar-refractivity contribution in [3.05, 3.63) is 34.0 Å². The molecule has 5 heterocycles. The minimum atomic E-state index is -4.37. The number of halogens is 4. The SMILES string of the molecule is CC1CCC(CN2c3c(nc(-c4noc(=O)[nH]4)nc3-c3cncc(Cl)c3)NC2N2CCCC2C(F)(F)F)CC1. The molecule has 1 aliphatic carbocycles. The molecule has 14 heteroatoms. The molecule has 2 atom stereocenters. The normalized spacial score (nSPS) is 25.6. The zero-order valence-electron chi connectivity index (χ0n) is 21.2. The summed E-state index contributed by atoms with van der Waals surface area (Å²) in [4.78, 5) is 31.0. The van der Waals surface area contributed by atoms with Crippen molar-refractivity contribution in [3.63, 3.8) is 0 Å². The number of nitrogens with zero attached hydrogens (tertiary/aromatic N) is 6. The molecule has 6 rings (SSSR count). The van der Waals surface area contributed by atoms with Gasteiger partial charge in [-0.15, -0.1) is 0 Å². The first-order valence-electron chi connectivity index (χ1n) is 13.1. The summed E-state index contributed by atoms with van der Waals surface area (Å²) >= 11 is 6.27. The van der Waals surface area contributed by atoms with Gasteiger partial charge in [-0.05, 0) is 43.6 Å². The molecule has 1 saturated heterocycles. The Hall–Kier alpha value is -3.19. The second kappa shape index (κ2) is 10.1. The number of aromatic amines is 1. The lowest BCUT2D eigenvalue weighted by molar-refractivity contribution is -0.179. The summed E-state index contributed by atoms with van der Waals surface area (Å²) < 4.78 is 47.0. The van der Waals surface area contributed by atoms with E-state index in [4.69, 9.17) is 16.6 Å². The van der Waals surface area contributed by atoms with Crippen LogP contribution in [0.1, 0.15) is 45.4 Å². The molecule has 3 aromatic heterocycles. The van der Waals surface area contributed by atoms with Crippen LogP contribution in [-0.2, 0) is 0 Å². The van der Waals surface area contributed by atoms with Gasteiger partial charge >= 0.3 is 11.9 Å². The number of likely N-dealkylation sites (tertiary alicyclic amines) is 1. The van der Waals surface area contributed by atoms with Crippen molar-refractivity contribution < 1.29 is 17.7 Å². The molecule has 10 nitrogen and oxygen atoms in total. The van der Waals surface area contributed by atoms with E-state index in [-0.39, 0.29) is 18.1 Å². The van der Waals surface area contributed by atoms with Crippen LogP contribution in [0.15, 0.2) is 27.8 Å². The van der Waals surface area contributed by atoms with E-state index >= 15 is 0 Å². The number of alkyl halides is 3. The smallest absolute Gasteiger partial charge is 0.336 e. The lowest BCUT2D eigenvalue weighted by atomic mass is 9.83. The number of pyridine rings is 1. The van der Waals surface area contributed by atoms with Gasteiger partial charge in [0.05, 0.1) is 5.02 Å². The van der Waals surface area contributed by atoms with Crippen molar-refractivity contribution in [2.45, 2.75) is 64.0 Å². The monoisotopic (exact) mass is 564 g/mol. The summed E-state index contributed by atoms with van der Waals surface area (Å²) in [6.07, 6.45) is 2.57. The van der Waals surface area contributed by atoms with Crippen LogP contribution in [0, 0.1) is 11.8 Å².